The summed E-state index contributed by atoms with van der Waals surface area (Å²) in [4.78, 5) is 28.7. The van der Waals surface area contributed by atoms with Crippen LogP contribution in [0.4, 0.5) is 0 Å². The molecule has 6 heterocycles. The second kappa shape index (κ2) is 27.1. The van der Waals surface area contributed by atoms with Crippen LogP contribution in [-0.2, 0) is 0 Å². The maximum absolute atomic E-state index is 6.63. The maximum Gasteiger partial charge on any atom is 0.143 e. The van der Waals surface area contributed by atoms with Crippen LogP contribution in [0.15, 0.2) is 347 Å². The first kappa shape index (κ1) is 67.8. The minimum atomic E-state index is 0.915. The number of rotatable bonds is 6. The normalized spacial score (nSPS) is 11.8. The highest BCUT2D eigenvalue weighted by Gasteiger charge is 2.22. The van der Waals surface area contributed by atoms with Crippen LogP contribution in [0, 0.1) is 34.6 Å². The third-order valence-corrected chi connectivity index (χ3v) is 23.2. The molecule has 0 amide bonds. The lowest BCUT2D eigenvalue weighted by atomic mass is 9.90. The van der Waals surface area contributed by atoms with E-state index in [2.05, 4.69) is 311 Å². The number of hydrogen-bond acceptors (Lipinski definition) is 9. The van der Waals surface area contributed by atoms with Crippen molar-refractivity contribution in [2.45, 2.75) is 34.6 Å². The second-order valence-electron chi connectivity index (χ2n) is 30.6. The van der Waals surface area contributed by atoms with Crippen molar-refractivity contribution < 1.29 is 13.3 Å². The summed E-state index contributed by atoms with van der Waals surface area (Å²) in [5.74, 6) is 0. The molecule has 546 valence electrons. The number of aromatic nitrogens is 6. The highest BCUT2D eigenvalue weighted by molar-refractivity contribution is 6.27. The van der Waals surface area contributed by atoms with Crippen LogP contribution >= 0.6 is 0 Å². The van der Waals surface area contributed by atoms with E-state index in [9.17, 15) is 0 Å². The van der Waals surface area contributed by atoms with Crippen molar-refractivity contribution in [1.29, 1.82) is 0 Å². The largest absolute Gasteiger partial charge is 0.455 e. The molecule has 24 aromatic rings. The van der Waals surface area contributed by atoms with Crippen molar-refractivity contribution in [2.75, 3.05) is 0 Å². The second-order valence-corrected chi connectivity index (χ2v) is 30.6. The Morgan fingerprint density at radius 3 is 1.06 bits per heavy atom. The summed E-state index contributed by atoms with van der Waals surface area (Å²) < 4.78 is 19.3. The van der Waals surface area contributed by atoms with E-state index in [1.807, 2.05) is 50.5 Å². The van der Waals surface area contributed by atoms with Gasteiger partial charge in [0.05, 0.1) is 44.5 Å². The molecule has 116 heavy (non-hydrogen) atoms. The third-order valence-electron chi connectivity index (χ3n) is 23.2. The first-order chi connectivity index (χ1) is 57.0. The van der Waals surface area contributed by atoms with E-state index in [1.54, 1.807) is 12.4 Å². The molecule has 0 aliphatic carbocycles. The molecule has 0 N–H and O–H groups in total. The van der Waals surface area contributed by atoms with Gasteiger partial charge in [-0.1, -0.05) is 249 Å². The van der Waals surface area contributed by atoms with Crippen LogP contribution in [0.25, 0.3) is 230 Å². The van der Waals surface area contributed by atoms with E-state index in [4.69, 9.17) is 38.2 Å². The number of hydrogen-bond donors (Lipinski definition) is 0. The topological polar surface area (TPSA) is 117 Å². The van der Waals surface area contributed by atoms with Crippen molar-refractivity contribution in [3.8, 4) is 66.8 Å². The number of benzene rings is 18. The van der Waals surface area contributed by atoms with Gasteiger partial charge in [0.1, 0.15) is 33.5 Å². The molecule has 0 bridgehead atoms. The molecule has 0 radical (unpaired) electrons. The van der Waals surface area contributed by atoms with E-state index < -0.39 is 0 Å². The molecule has 0 aliphatic rings. The minimum Gasteiger partial charge on any atom is -0.455 e. The number of para-hydroxylation sites is 4. The van der Waals surface area contributed by atoms with Crippen LogP contribution in [0.3, 0.4) is 0 Å². The van der Waals surface area contributed by atoms with Crippen LogP contribution in [-0.4, -0.2) is 29.9 Å². The minimum absolute atomic E-state index is 0.915. The van der Waals surface area contributed by atoms with Crippen LogP contribution in [0.2, 0.25) is 0 Å². The monoisotopic (exact) mass is 1490 g/mol. The zero-order chi connectivity index (χ0) is 77.4. The lowest BCUT2D eigenvalue weighted by molar-refractivity contribution is 0.666. The first-order valence-corrected chi connectivity index (χ1v) is 39.3. The summed E-state index contributed by atoms with van der Waals surface area (Å²) in [6, 6.07) is 110. The van der Waals surface area contributed by atoms with Crippen molar-refractivity contribution >= 4 is 164 Å². The average Bonchev–Trinajstić information content (AvgIpc) is 1.27. The molecule has 9 nitrogen and oxygen atoms in total. The van der Waals surface area contributed by atoms with E-state index in [-0.39, 0.29) is 0 Å². The van der Waals surface area contributed by atoms with Gasteiger partial charge in [0, 0.05) is 106 Å². The van der Waals surface area contributed by atoms with Gasteiger partial charge in [-0.2, -0.15) is 0 Å². The Balaban J connectivity index is 0.000000106. The molecule has 24 rings (SSSR count). The fraction of sp³-hybridized carbons (Fsp3) is 0.0467. The van der Waals surface area contributed by atoms with Crippen molar-refractivity contribution in [1.82, 2.24) is 29.9 Å². The predicted octanol–water partition coefficient (Wildman–Crippen LogP) is 29.1. The molecular formula is C107H70N6O3. The van der Waals surface area contributed by atoms with E-state index in [1.165, 1.54) is 76.5 Å². The van der Waals surface area contributed by atoms with Crippen LogP contribution < -0.4 is 0 Å². The number of nitrogens with zero attached hydrogens (tertiary/aromatic N) is 6. The molecule has 18 aromatic carbocycles. The summed E-state index contributed by atoms with van der Waals surface area (Å²) >= 11 is 0. The Bertz CT molecular complexity index is 8200. The van der Waals surface area contributed by atoms with E-state index in [0.29, 0.717) is 0 Å². The van der Waals surface area contributed by atoms with Gasteiger partial charge < -0.3 is 13.3 Å². The maximum atomic E-state index is 6.63. The molecule has 6 aromatic heterocycles. The Kier molecular flexibility index (Phi) is 15.9. The molecular weight excluding hydrogens is 1420 g/mol. The molecule has 0 saturated heterocycles. The van der Waals surface area contributed by atoms with E-state index >= 15 is 0 Å². The smallest absolute Gasteiger partial charge is 0.143 e. The highest BCUT2D eigenvalue weighted by Crippen LogP contribution is 2.47. The molecule has 0 saturated carbocycles. The summed E-state index contributed by atoms with van der Waals surface area (Å²) in [5, 5.41) is 20.8. The van der Waals surface area contributed by atoms with Gasteiger partial charge in [0.2, 0.25) is 0 Å². The molecule has 0 aliphatic heterocycles. The van der Waals surface area contributed by atoms with Gasteiger partial charge in [-0.3, -0.25) is 19.9 Å². The lowest BCUT2D eigenvalue weighted by Crippen LogP contribution is -1.91. The molecule has 0 spiro atoms. The van der Waals surface area contributed by atoms with Gasteiger partial charge in [-0.25, -0.2) is 9.97 Å². The summed E-state index contributed by atoms with van der Waals surface area (Å²) in [6.45, 7) is 10.4. The zero-order valence-electron chi connectivity index (χ0n) is 64.2. The third kappa shape index (κ3) is 11.2. The summed E-state index contributed by atoms with van der Waals surface area (Å²) in [7, 11) is 0. The van der Waals surface area contributed by atoms with Crippen molar-refractivity contribution in [3.05, 3.63) is 362 Å². The Morgan fingerprint density at radius 2 is 0.543 bits per heavy atom. The lowest BCUT2D eigenvalue weighted by Gasteiger charge is -2.14. The SMILES string of the molecule is Cc1cc(C)c2oc3c(-c4ccccc4-c4ccc5c(c4)c4ccccc4c4nccnc54)cc(C)cc3c2c1.Cc1cnc2c3ccc(-c4cccc(-c5cccc6c5oc5ccccc56)c4)cc3c3ccccc3c2n1.Cc1cnc2c3ccccc3c3cc(-c4cccc(-c5cccc6c5oc5ccccc56)c4)ccc3c2n1. The number of fused-ring (bicyclic) bond motifs is 27. The summed E-state index contributed by atoms with van der Waals surface area (Å²) in [5.41, 5.74) is 30.5. The highest BCUT2D eigenvalue weighted by atomic mass is 16.3. The van der Waals surface area contributed by atoms with Gasteiger partial charge in [0.15, 0.2) is 0 Å². The Morgan fingerprint density at radius 1 is 0.198 bits per heavy atom. The quantitative estimate of drug-likeness (QED) is 0.150. The van der Waals surface area contributed by atoms with Gasteiger partial charge in [-0.05, 0) is 194 Å². The molecule has 0 unspecified atom stereocenters. The van der Waals surface area contributed by atoms with Gasteiger partial charge in [-0.15, -0.1) is 0 Å². The average molecular weight is 1490 g/mol. The van der Waals surface area contributed by atoms with Crippen molar-refractivity contribution in [3.63, 3.8) is 0 Å². The zero-order valence-corrected chi connectivity index (χ0v) is 64.2. The molecule has 0 atom stereocenters. The van der Waals surface area contributed by atoms with Crippen LogP contribution in [0.1, 0.15) is 28.1 Å². The Hall–Kier alpha value is -15.1. The standard InChI is InChI=1S/C37H26N2O.2C35H22N2O/c1-21-16-23(3)36-32(17-21)33-19-22(2)18-31(37(33)40-36)26-9-5-4-8-25(26)24-12-13-29-30(20-24)27-10-6-7-11-28(27)34-35(29)39-15-14-38-34;1-21-20-36-33-29-17-16-23(19-31(29)26-10-2-3-12-28(26)34(33)37-21)22-8-6-9-24(18-22)25-13-7-14-30-27-11-4-5-15-32(27)38-35(25)30;1-21-20-36-33-28-12-3-2-10-26(28)31-19-23(16-17-29(31)34(33)37-21)22-8-6-9-24(18-22)25-13-7-14-30-27-11-4-5-15-32(27)38-35(25)30/h4-20H,1-3H3;2*2-20H,1H3. The molecule has 9 heteroatoms. The predicted molar refractivity (Wildman–Crippen MR) is 482 cm³/mol. The first-order valence-electron chi connectivity index (χ1n) is 39.3. The number of aryl methyl sites for hydroxylation is 5. The van der Waals surface area contributed by atoms with Gasteiger partial charge >= 0.3 is 0 Å². The molecule has 0 fully saturated rings. The fourth-order valence-electron chi connectivity index (χ4n) is 18.0. The van der Waals surface area contributed by atoms with Gasteiger partial charge in [0.25, 0.3) is 0 Å². The number of furan rings is 3. The van der Waals surface area contributed by atoms with E-state index in [0.717, 1.165) is 182 Å². The van der Waals surface area contributed by atoms with Crippen molar-refractivity contribution in [2.24, 2.45) is 0 Å². The fourth-order valence-corrected chi connectivity index (χ4v) is 18.0. The summed E-state index contributed by atoms with van der Waals surface area (Å²) in [6.07, 6.45) is 7.25. The Labute approximate surface area is 666 Å². The van der Waals surface area contributed by atoms with Crippen LogP contribution in [0.5, 0.6) is 0 Å².